The molecule has 0 saturated heterocycles. The molecule has 6 heteroatoms. The van der Waals surface area contributed by atoms with Crippen molar-refractivity contribution in [1.29, 1.82) is 0 Å². The second kappa shape index (κ2) is 9.08. The van der Waals surface area contributed by atoms with Gasteiger partial charge in [-0.25, -0.2) is 8.42 Å². The predicted octanol–water partition coefficient (Wildman–Crippen LogP) is 4.07. The summed E-state index contributed by atoms with van der Waals surface area (Å²) in [6.45, 7) is 0.947. The van der Waals surface area contributed by atoms with Crippen molar-refractivity contribution >= 4 is 10.0 Å². The Kier molecular flexibility index (Phi) is 6.27. The average molecular weight is 422 g/mol. The number of nitrogens with zero attached hydrogens (tertiary/aromatic N) is 2. The Morgan fingerprint density at radius 2 is 1.83 bits per heavy atom. The number of hydrogen-bond acceptors (Lipinski definition) is 4. The van der Waals surface area contributed by atoms with Crippen molar-refractivity contribution in [3.05, 3.63) is 95.3 Å². The van der Waals surface area contributed by atoms with Crippen LogP contribution in [0, 0.1) is 0 Å². The normalized spacial score (nSPS) is 16.4. The van der Waals surface area contributed by atoms with Gasteiger partial charge in [-0.05, 0) is 54.2 Å². The van der Waals surface area contributed by atoms with Gasteiger partial charge in [0.05, 0.1) is 16.6 Å². The predicted molar refractivity (Wildman–Crippen MR) is 118 cm³/mol. The van der Waals surface area contributed by atoms with Gasteiger partial charge in [0.1, 0.15) is 0 Å². The fourth-order valence-electron chi connectivity index (χ4n) is 3.97. The first-order valence-corrected chi connectivity index (χ1v) is 11.7. The number of rotatable bonds is 7. The van der Waals surface area contributed by atoms with E-state index in [1.807, 2.05) is 54.7 Å². The molecule has 1 aliphatic carbocycles. The lowest BCUT2D eigenvalue weighted by Gasteiger charge is -2.25. The second-order valence-electron chi connectivity index (χ2n) is 7.77. The maximum absolute atomic E-state index is 13.1. The van der Waals surface area contributed by atoms with Crippen LogP contribution >= 0.6 is 0 Å². The Morgan fingerprint density at radius 3 is 2.67 bits per heavy atom. The van der Waals surface area contributed by atoms with E-state index in [4.69, 9.17) is 0 Å². The third kappa shape index (κ3) is 4.61. The molecule has 3 aromatic rings. The average Bonchev–Trinajstić information content (AvgIpc) is 2.78. The first-order chi connectivity index (χ1) is 14.5. The lowest BCUT2D eigenvalue weighted by molar-refractivity contribution is 0.447. The van der Waals surface area contributed by atoms with Gasteiger partial charge >= 0.3 is 0 Å². The molecule has 1 unspecified atom stereocenters. The first kappa shape index (κ1) is 20.7. The number of aromatic nitrogens is 1. The van der Waals surface area contributed by atoms with E-state index in [2.05, 4.69) is 16.4 Å². The number of fused-ring (bicyclic) bond motifs is 1. The fourth-order valence-corrected chi connectivity index (χ4v) is 5.20. The molecule has 2 aromatic carbocycles. The summed E-state index contributed by atoms with van der Waals surface area (Å²) >= 11 is 0. The molecular weight excluding hydrogens is 394 g/mol. The molecule has 0 radical (unpaired) electrons. The summed E-state index contributed by atoms with van der Waals surface area (Å²) in [5, 5.41) is 3.57. The molecule has 0 amide bonds. The Balaban J connectivity index is 1.46. The minimum Gasteiger partial charge on any atom is -0.305 e. The highest BCUT2D eigenvalue weighted by molar-refractivity contribution is 7.89. The van der Waals surface area contributed by atoms with Gasteiger partial charge in [0.2, 0.25) is 10.0 Å². The quantitative estimate of drug-likeness (QED) is 0.625. The van der Waals surface area contributed by atoms with Crippen LogP contribution in [0.2, 0.25) is 0 Å². The summed E-state index contributed by atoms with van der Waals surface area (Å²) < 4.78 is 27.5. The highest BCUT2D eigenvalue weighted by Crippen LogP contribution is 2.28. The number of nitrogens with one attached hydrogen (secondary N) is 1. The monoisotopic (exact) mass is 421 g/mol. The largest absolute Gasteiger partial charge is 0.305 e. The van der Waals surface area contributed by atoms with Gasteiger partial charge in [-0.1, -0.05) is 48.5 Å². The molecule has 5 nitrogen and oxygen atoms in total. The van der Waals surface area contributed by atoms with Gasteiger partial charge in [-0.3, -0.25) is 4.98 Å². The van der Waals surface area contributed by atoms with Crippen LogP contribution in [0.25, 0.3) is 0 Å². The van der Waals surface area contributed by atoms with Crippen LogP contribution in [0.5, 0.6) is 0 Å². The Bertz CT molecular complexity index is 1100. The Morgan fingerprint density at radius 1 is 1.03 bits per heavy atom. The van der Waals surface area contributed by atoms with Gasteiger partial charge in [0.15, 0.2) is 0 Å². The van der Waals surface area contributed by atoms with E-state index in [0.29, 0.717) is 18.0 Å². The maximum atomic E-state index is 13.1. The standard InChI is InChI=1S/C24H27N3O2S/c1-27(18-19-8-3-2-4-9-19)30(28,29)22-13-5-10-20(16-22)17-26-23-14-6-11-21-12-7-15-25-24(21)23/h2-5,7-10,12-13,15-16,23,26H,6,11,14,17-18H2,1H3. The van der Waals surface area contributed by atoms with Crippen molar-refractivity contribution in [3.8, 4) is 0 Å². The molecular formula is C24H27N3O2S. The molecule has 0 fully saturated rings. The lowest BCUT2D eigenvalue weighted by atomic mass is 9.92. The highest BCUT2D eigenvalue weighted by Gasteiger charge is 2.23. The molecule has 0 aliphatic heterocycles. The molecule has 1 heterocycles. The van der Waals surface area contributed by atoms with E-state index in [9.17, 15) is 8.42 Å². The van der Waals surface area contributed by atoms with Gasteiger partial charge in [0, 0.05) is 26.3 Å². The molecule has 156 valence electrons. The highest BCUT2D eigenvalue weighted by atomic mass is 32.2. The molecule has 1 aromatic heterocycles. The van der Waals surface area contributed by atoms with Crippen molar-refractivity contribution in [2.45, 2.75) is 43.3 Å². The van der Waals surface area contributed by atoms with Crippen LogP contribution in [0.1, 0.15) is 41.3 Å². The summed E-state index contributed by atoms with van der Waals surface area (Å²) in [4.78, 5) is 4.89. The molecule has 1 aliphatic rings. The van der Waals surface area contributed by atoms with Crippen LogP contribution in [-0.4, -0.2) is 24.8 Å². The number of hydrogen-bond donors (Lipinski definition) is 1. The van der Waals surface area contributed by atoms with Crippen LogP contribution in [0.15, 0.2) is 77.8 Å². The summed E-state index contributed by atoms with van der Waals surface area (Å²) in [5.41, 5.74) is 4.34. The summed E-state index contributed by atoms with van der Waals surface area (Å²) in [5.74, 6) is 0. The van der Waals surface area contributed by atoms with Gasteiger partial charge < -0.3 is 5.32 Å². The van der Waals surface area contributed by atoms with Gasteiger partial charge in [0.25, 0.3) is 0 Å². The number of sulfonamides is 1. The topological polar surface area (TPSA) is 62.3 Å². The molecule has 0 spiro atoms. The minimum atomic E-state index is -3.56. The van der Waals surface area contributed by atoms with Crippen molar-refractivity contribution in [1.82, 2.24) is 14.6 Å². The lowest BCUT2D eigenvalue weighted by Crippen LogP contribution is -2.27. The first-order valence-electron chi connectivity index (χ1n) is 10.3. The van der Waals surface area contributed by atoms with Crippen LogP contribution in [0.3, 0.4) is 0 Å². The van der Waals surface area contributed by atoms with E-state index >= 15 is 0 Å². The van der Waals surface area contributed by atoms with E-state index in [1.54, 1.807) is 19.2 Å². The van der Waals surface area contributed by atoms with E-state index in [1.165, 1.54) is 9.87 Å². The zero-order valence-electron chi connectivity index (χ0n) is 17.2. The van der Waals surface area contributed by atoms with E-state index < -0.39 is 10.0 Å². The molecule has 0 saturated carbocycles. The molecule has 1 atom stereocenters. The van der Waals surface area contributed by atoms with Crippen molar-refractivity contribution in [2.24, 2.45) is 0 Å². The Labute approximate surface area is 178 Å². The zero-order chi connectivity index (χ0) is 21.0. The second-order valence-corrected chi connectivity index (χ2v) is 9.81. The minimum absolute atomic E-state index is 0.205. The van der Waals surface area contributed by atoms with Gasteiger partial charge in [-0.2, -0.15) is 4.31 Å². The number of aryl methyl sites for hydroxylation is 1. The SMILES string of the molecule is CN(Cc1ccccc1)S(=O)(=O)c1cccc(CNC2CCCc3cccnc32)c1. The third-order valence-electron chi connectivity index (χ3n) is 5.60. The van der Waals surface area contributed by atoms with Crippen LogP contribution in [-0.2, 0) is 29.5 Å². The van der Waals surface area contributed by atoms with Gasteiger partial charge in [-0.15, -0.1) is 0 Å². The molecule has 30 heavy (non-hydrogen) atoms. The van der Waals surface area contributed by atoms with Crippen LogP contribution in [0.4, 0.5) is 0 Å². The zero-order valence-corrected chi connectivity index (χ0v) is 18.0. The third-order valence-corrected chi connectivity index (χ3v) is 7.40. The van der Waals surface area contributed by atoms with Crippen molar-refractivity contribution in [2.75, 3.05) is 7.05 Å². The molecule has 1 N–H and O–H groups in total. The molecule has 0 bridgehead atoms. The molecule has 4 rings (SSSR count). The van der Waals surface area contributed by atoms with Crippen molar-refractivity contribution < 1.29 is 8.42 Å². The number of benzene rings is 2. The Hall–Kier alpha value is -2.54. The maximum Gasteiger partial charge on any atom is 0.243 e. The van der Waals surface area contributed by atoms with E-state index in [0.717, 1.165) is 36.1 Å². The smallest absolute Gasteiger partial charge is 0.243 e. The summed E-state index contributed by atoms with van der Waals surface area (Å²) in [6.07, 6.45) is 5.09. The number of pyridine rings is 1. The van der Waals surface area contributed by atoms with Crippen LogP contribution < -0.4 is 5.32 Å². The summed E-state index contributed by atoms with van der Waals surface area (Å²) in [7, 11) is -1.94. The van der Waals surface area contributed by atoms with Crippen molar-refractivity contribution in [3.63, 3.8) is 0 Å². The van der Waals surface area contributed by atoms with E-state index in [-0.39, 0.29) is 6.04 Å². The summed E-state index contributed by atoms with van der Waals surface area (Å²) in [6, 6.07) is 21.2. The fraction of sp³-hybridized carbons (Fsp3) is 0.292.